The van der Waals surface area contributed by atoms with Crippen LogP contribution in [0, 0.1) is 6.92 Å². The number of carbonyl (C=O) groups excluding carboxylic acids is 1. The number of aryl methyl sites for hydroxylation is 1. The molecule has 1 amide bonds. The van der Waals surface area contributed by atoms with Gasteiger partial charge in [0.25, 0.3) is 5.91 Å². The maximum Gasteiger partial charge on any atom is 0.256 e. The third-order valence-corrected chi connectivity index (χ3v) is 4.47. The summed E-state index contributed by atoms with van der Waals surface area (Å²) in [4.78, 5) is 12.3. The number of nitrogen functional groups attached to an aromatic ring is 1. The molecule has 0 radical (unpaired) electrons. The minimum absolute atomic E-state index is 0.213. The summed E-state index contributed by atoms with van der Waals surface area (Å²) in [6, 6.07) is 9.18. The molecule has 0 aliphatic heterocycles. The van der Waals surface area contributed by atoms with Crippen LogP contribution in [0.15, 0.2) is 43.7 Å². The highest BCUT2D eigenvalue weighted by Crippen LogP contribution is 2.33. The third-order valence-electron chi connectivity index (χ3n) is 2.69. The summed E-state index contributed by atoms with van der Waals surface area (Å²) in [5.74, 6) is -0.213. The summed E-state index contributed by atoms with van der Waals surface area (Å²) in [6.45, 7) is 1.94. The molecule has 2 aromatic carbocycles. The van der Waals surface area contributed by atoms with Gasteiger partial charge in [-0.05, 0) is 63.0 Å². The molecule has 3 nitrogen and oxygen atoms in total. The first-order valence-corrected chi connectivity index (χ1v) is 8.08. The van der Waals surface area contributed by atoms with Gasteiger partial charge in [-0.1, -0.05) is 27.6 Å². The SMILES string of the molecule is Cc1ccc(Br)c(C(=O)Nc2c(N)cc(Br)cc2Br)c1. The van der Waals surface area contributed by atoms with E-state index in [-0.39, 0.29) is 5.91 Å². The number of benzene rings is 2. The molecule has 0 bridgehead atoms. The number of nitrogens with two attached hydrogens (primary N) is 1. The highest BCUT2D eigenvalue weighted by Gasteiger charge is 2.14. The molecule has 0 saturated carbocycles. The first-order valence-electron chi connectivity index (χ1n) is 5.70. The highest BCUT2D eigenvalue weighted by molar-refractivity contribution is 9.11. The van der Waals surface area contributed by atoms with Crippen LogP contribution in [0.2, 0.25) is 0 Å². The Morgan fingerprint density at radius 2 is 1.80 bits per heavy atom. The van der Waals surface area contributed by atoms with Gasteiger partial charge < -0.3 is 11.1 Å². The summed E-state index contributed by atoms with van der Waals surface area (Å²) in [5.41, 5.74) is 8.56. The topological polar surface area (TPSA) is 55.1 Å². The molecule has 0 heterocycles. The Kier molecular flexibility index (Phi) is 4.88. The summed E-state index contributed by atoms with van der Waals surface area (Å²) in [5, 5.41) is 2.83. The normalized spacial score (nSPS) is 10.4. The fraction of sp³-hybridized carbons (Fsp3) is 0.0714. The van der Waals surface area contributed by atoms with Crippen LogP contribution in [0.25, 0.3) is 0 Å². The van der Waals surface area contributed by atoms with Gasteiger partial charge in [0.15, 0.2) is 0 Å². The van der Waals surface area contributed by atoms with Crippen LogP contribution in [0.5, 0.6) is 0 Å². The van der Waals surface area contributed by atoms with Crippen molar-refractivity contribution in [3.05, 3.63) is 54.9 Å². The second-order valence-corrected chi connectivity index (χ2v) is 6.91. The fourth-order valence-corrected chi connectivity index (χ4v) is 3.50. The average Bonchev–Trinajstić information content (AvgIpc) is 2.36. The van der Waals surface area contributed by atoms with Crippen molar-refractivity contribution in [2.75, 3.05) is 11.1 Å². The second-order valence-electron chi connectivity index (χ2n) is 4.29. The highest BCUT2D eigenvalue weighted by atomic mass is 79.9. The Labute approximate surface area is 142 Å². The molecule has 0 fully saturated rings. The van der Waals surface area contributed by atoms with Crippen LogP contribution < -0.4 is 11.1 Å². The number of rotatable bonds is 2. The van der Waals surface area contributed by atoms with Crippen molar-refractivity contribution in [1.82, 2.24) is 0 Å². The van der Waals surface area contributed by atoms with Gasteiger partial charge in [0.1, 0.15) is 0 Å². The number of anilines is 2. The number of halogens is 3. The van der Waals surface area contributed by atoms with Crippen LogP contribution >= 0.6 is 47.8 Å². The van der Waals surface area contributed by atoms with Crippen LogP contribution in [-0.4, -0.2) is 5.91 Å². The Morgan fingerprint density at radius 3 is 2.45 bits per heavy atom. The van der Waals surface area contributed by atoms with Gasteiger partial charge in [0.05, 0.1) is 16.9 Å². The van der Waals surface area contributed by atoms with Crippen LogP contribution in [0.1, 0.15) is 15.9 Å². The second kappa shape index (κ2) is 6.28. The van der Waals surface area contributed by atoms with E-state index in [1.807, 2.05) is 31.2 Å². The van der Waals surface area contributed by atoms with E-state index in [1.54, 1.807) is 6.07 Å². The largest absolute Gasteiger partial charge is 0.397 e. The quantitative estimate of drug-likeness (QED) is 0.609. The lowest BCUT2D eigenvalue weighted by molar-refractivity contribution is 0.102. The molecule has 2 aromatic rings. The molecule has 6 heteroatoms. The molecule has 0 aliphatic carbocycles. The summed E-state index contributed by atoms with van der Waals surface area (Å²) < 4.78 is 2.31. The van der Waals surface area contributed by atoms with Crippen molar-refractivity contribution in [3.63, 3.8) is 0 Å². The number of amides is 1. The minimum Gasteiger partial charge on any atom is -0.397 e. The molecule has 0 aromatic heterocycles. The van der Waals surface area contributed by atoms with Crippen molar-refractivity contribution >= 4 is 65.1 Å². The van der Waals surface area contributed by atoms with Gasteiger partial charge in [-0.15, -0.1) is 0 Å². The number of hydrogen-bond donors (Lipinski definition) is 2. The molecule has 0 spiro atoms. The van der Waals surface area contributed by atoms with E-state index in [9.17, 15) is 4.79 Å². The van der Waals surface area contributed by atoms with E-state index in [0.717, 1.165) is 19.0 Å². The molecular weight excluding hydrogens is 452 g/mol. The Balaban J connectivity index is 2.35. The lowest BCUT2D eigenvalue weighted by Crippen LogP contribution is -2.14. The maximum absolute atomic E-state index is 12.3. The predicted octanol–water partition coefficient (Wildman–Crippen LogP) is 5.12. The smallest absolute Gasteiger partial charge is 0.256 e. The lowest BCUT2D eigenvalue weighted by Gasteiger charge is -2.12. The van der Waals surface area contributed by atoms with Gasteiger partial charge in [-0.2, -0.15) is 0 Å². The average molecular weight is 463 g/mol. The lowest BCUT2D eigenvalue weighted by atomic mass is 10.1. The summed E-state index contributed by atoms with van der Waals surface area (Å²) in [7, 11) is 0. The van der Waals surface area contributed by atoms with Crippen molar-refractivity contribution in [2.45, 2.75) is 6.92 Å². The molecule has 104 valence electrons. The molecule has 2 rings (SSSR count). The van der Waals surface area contributed by atoms with E-state index >= 15 is 0 Å². The Morgan fingerprint density at radius 1 is 1.10 bits per heavy atom. The Bertz CT molecular complexity index is 663. The van der Waals surface area contributed by atoms with Crippen LogP contribution in [-0.2, 0) is 0 Å². The zero-order valence-electron chi connectivity index (χ0n) is 10.5. The predicted molar refractivity (Wildman–Crippen MR) is 93.1 cm³/mol. The van der Waals surface area contributed by atoms with E-state index in [2.05, 4.69) is 53.1 Å². The number of carbonyl (C=O) groups is 1. The van der Waals surface area contributed by atoms with Crippen molar-refractivity contribution in [2.24, 2.45) is 0 Å². The monoisotopic (exact) mass is 460 g/mol. The first-order chi connectivity index (χ1) is 9.38. The van der Waals surface area contributed by atoms with Gasteiger partial charge in [0, 0.05) is 13.4 Å². The van der Waals surface area contributed by atoms with E-state index in [4.69, 9.17) is 5.73 Å². The molecule has 0 saturated heterocycles. The number of hydrogen-bond acceptors (Lipinski definition) is 2. The van der Waals surface area contributed by atoms with Gasteiger partial charge in [-0.3, -0.25) is 4.79 Å². The molecule has 20 heavy (non-hydrogen) atoms. The zero-order valence-corrected chi connectivity index (χ0v) is 15.3. The Hall–Kier alpha value is -0.850. The van der Waals surface area contributed by atoms with Crippen molar-refractivity contribution in [3.8, 4) is 0 Å². The minimum atomic E-state index is -0.213. The van der Waals surface area contributed by atoms with Crippen LogP contribution in [0.4, 0.5) is 11.4 Å². The van der Waals surface area contributed by atoms with E-state index < -0.39 is 0 Å². The van der Waals surface area contributed by atoms with Crippen molar-refractivity contribution < 1.29 is 4.79 Å². The van der Waals surface area contributed by atoms with Crippen molar-refractivity contribution in [1.29, 1.82) is 0 Å². The molecular formula is C14H11Br3N2O. The molecule has 0 aliphatic rings. The van der Waals surface area contributed by atoms with Gasteiger partial charge >= 0.3 is 0 Å². The van der Waals surface area contributed by atoms with Gasteiger partial charge in [0.2, 0.25) is 0 Å². The third kappa shape index (κ3) is 3.42. The summed E-state index contributed by atoms with van der Waals surface area (Å²) in [6.07, 6.45) is 0. The number of nitrogens with one attached hydrogen (secondary N) is 1. The standard InChI is InChI=1S/C14H11Br3N2O/c1-7-2-3-10(16)9(4-7)14(20)19-13-11(17)5-8(15)6-12(13)18/h2-6H,18H2,1H3,(H,19,20). The van der Waals surface area contributed by atoms with Crippen LogP contribution in [0.3, 0.4) is 0 Å². The first kappa shape index (κ1) is 15.5. The summed E-state index contributed by atoms with van der Waals surface area (Å²) >= 11 is 10.1. The maximum atomic E-state index is 12.3. The zero-order chi connectivity index (χ0) is 14.9. The molecule has 0 atom stereocenters. The van der Waals surface area contributed by atoms with E-state index in [1.165, 1.54) is 0 Å². The van der Waals surface area contributed by atoms with E-state index in [0.29, 0.717) is 16.9 Å². The fourth-order valence-electron chi connectivity index (χ4n) is 1.72. The molecule has 0 unspecified atom stereocenters. The van der Waals surface area contributed by atoms with Gasteiger partial charge in [-0.25, -0.2) is 0 Å². The molecule has 3 N–H and O–H groups in total.